The summed E-state index contributed by atoms with van der Waals surface area (Å²) in [7, 11) is -2.98. The number of carbonyl (C=O) groups is 1. The van der Waals surface area contributed by atoms with Crippen LogP contribution < -0.4 is 0 Å². The maximum Gasteiger partial charge on any atom is 0.244 e. The van der Waals surface area contributed by atoms with Gasteiger partial charge in [-0.1, -0.05) is 30.3 Å². The molecule has 2 aliphatic rings. The van der Waals surface area contributed by atoms with E-state index in [9.17, 15) is 13.2 Å². The van der Waals surface area contributed by atoms with Crippen LogP contribution in [0.3, 0.4) is 0 Å². The van der Waals surface area contributed by atoms with Crippen molar-refractivity contribution in [2.75, 3.05) is 37.7 Å². The number of piperidine rings is 1. The summed E-state index contributed by atoms with van der Waals surface area (Å²) in [6.45, 7) is 2.29. The molecule has 2 saturated heterocycles. The maximum atomic E-state index is 13.5. The number of likely N-dealkylation sites (tertiary alicyclic amines) is 1. The molecule has 6 nitrogen and oxygen atoms in total. The van der Waals surface area contributed by atoms with E-state index in [0.717, 1.165) is 31.5 Å². The lowest BCUT2D eigenvalue weighted by Crippen LogP contribution is -2.50. The summed E-state index contributed by atoms with van der Waals surface area (Å²) >= 11 is 0. The first-order valence-corrected chi connectivity index (χ1v) is 11.8. The van der Waals surface area contributed by atoms with E-state index < -0.39 is 15.9 Å². The first kappa shape index (κ1) is 19.2. The minimum absolute atomic E-state index is 0.0939. The zero-order valence-electron chi connectivity index (χ0n) is 16.0. The highest BCUT2D eigenvalue weighted by molar-refractivity contribution is 7.91. The quantitative estimate of drug-likeness (QED) is 0.787. The maximum absolute atomic E-state index is 13.5. The van der Waals surface area contributed by atoms with E-state index in [2.05, 4.69) is 17.0 Å². The summed E-state index contributed by atoms with van der Waals surface area (Å²) in [5, 5.41) is 0. The second-order valence-electron chi connectivity index (χ2n) is 7.69. The van der Waals surface area contributed by atoms with Crippen LogP contribution in [0, 0.1) is 0 Å². The van der Waals surface area contributed by atoms with Gasteiger partial charge in [-0.15, -0.1) is 0 Å². The fourth-order valence-corrected chi connectivity index (χ4v) is 5.51. The molecule has 4 rings (SSSR count). The van der Waals surface area contributed by atoms with Gasteiger partial charge < -0.3 is 9.47 Å². The number of nitrogens with zero attached hydrogens (tertiary/aromatic N) is 3. The second-order valence-corrected chi connectivity index (χ2v) is 9.99. The number of hydrogen-bond acceptors (Lipinski definition) is 4. The van der Waals surface area contributed by atoms with Crippen LogP contribution in [0.25, 0.3) is 0 Å². The normalized spacial score (nSPS) is 22.1. The smallest absolute Gasteiger partial charge is 0.244 e. The van der Waals surface area contributed by atoms with Gasteiger partial charge in [0, 0.05) is 44.6 Å². The molecule has 3 heterocycles. The number of rotatable bonds is 4. The SMILES string of the molecule is O=C(C(c1ccccc1)N1CCS(=O)(=O)CC1)N1CCC(n2cccc2)CC1. The molecule has 1 unspecified atom stereocenters. The van der Waals surface area contributed by atoms with Crippen molar-refractivity contribution in [3.05, 3.63) is 60.4 Å². The molecule has 2 aromatic rings. The lowest BCUT2D eigenvalue weighted by molar-refractivity contribution is -0.138. The molecular weight excluding hydrogens is 374 g/mol. The Balaban J connectivity index is 1.49. The minimum atomic E-state index is -2.98. The lowest BCUT2D eigenvalue weighted by Gasteiger charge is -2.39. The number of hydrogen-bond donors (Lipinski definition) is 0. The highest BCUT2D eigenvalue weighted by atomic mass is 32.2. The van der Waals surface area contributed by atoms with Crippen LogP contribution in [-0.4, -0.2) is 66.4 Å². The summed E-state index contributed by atoms with van der Waals surface area (Å²) in [4.78, 5) is 17.5. The molecule has 0 radical (unpaired) electrons. The Kier molecular flexibility index (Phi) is 5.55. The highest BCUT2D eigenvalue weighted by Crippen LogP contribution is 2.29. The number of sulfone groups is 1. The monoisotopic (exact) mass is 401 g/mol. The van der Waals surface area contributed by atoms with Gasteiger partial charge in [0.25, 0.3) is 0 Å². The van der Waals surface area contributed by atoms with Crippen molar-refractivity contribution in [1.29, 1.82) is 0 Å². The van der Waals surface area contributed by atoms with Crippen molar-refractivity contribution in [1.82, 2.24) is 14.4 Å². The topological polar surface area (TPSA) is 62.6 Å². The summed E-state index contributed by atoms with van der Waals surface area (Å²) in [6.07, 6.45) is 6.05. The fraction of sp³-hybridized carbons (Fsp3) is 0.476. The molecule has 0 bridgehead atoms. The predicted octanol–water partition coefficient (Wildman–Crippen LogP) is 2.12. The number of carbonyl (C=O) groups excluding carboxylic acids is 1. The first-order valence-electron chi connectivity index (χ1n) is 9.94. The van der Waals surface area contributed by atoms with Gasteiger partial charge in [0.1, 0.15) is 6.04 Å². The highest BCUT2D eigenvalue weighted by Gasteiger charge is 2.36. The number of benzene rings is 1. The molecule has 1 atom stereocenters. The van der Waals surface area contributed by atoms with Gasteiger partial charge in [0.15, 0.2) is 9.84 Å². The van der Waals surface area contributed by atoms with Crippen molar-refractivity contribution >= 4 is 15.7 Å². The zero-order valence-corrected chi connectivity index (χ0v) is 16.8. The summed E-state index contributed by atoms with van der Waals surface area (Å²) in [5.74, 6) is 0.343. The van der Waals surface area contributed by atoms with E-state index in [1.54, 1.807) is 0 Å². The molecule has 0 spiro atoms. The van der Waals surface area contributed by atoms with E-state index >= 15 is 0 Å². The van der Waals surface area contributed by atoms with Gasteiger partial charge in [-0.25, -0.2) is 8.42 Å². The van der Waals surface area contributed by atoms with Gasteiger partial charge in [-0.2, -0.15) is 0 Å². The van der Waals surface area contributed by atoms with Crippen LogP contribution in [0.1, 0.15) is 30.5 Å². The molecule has 1 aromatic heterocycles. The number of aromatic nitrogens is 1. The third kappa shape index (κ3) is 4.15. The molecule has 0 aliphatic carbocycles. The van der Waals surface area contributed by atoms with E-state index in [-0.39, 0.29) is 17.4 Å². The van der Waals surface area contributed by atoms with Crippen LogP contribution in [0.5, 0.6) is 0 Å². The summed E-state index contributed by atoms with van der Waals surface area (Å²) in [6, 6.07) is 13.9. The van der Waals surface area contributed by atoms with Crippen molar-refractivity contribution in [2.45, 2.75) is 24.9 Å². The Morgan fingerprint density at radius 2 is 1.50 bits per heavy atom. The Morgan fingerprint density at radius 1 is 0.893 bits per heavy atom. The molecule has 0 saturated carbocycles. The van der Waals surface area contributed by atoms with Crippen LogP contribution in [0.4, 0.5) is 0 Å². The first-order chi connectivity index (χ1) is 13.5. The molecule has 1 amide bonds. The van der Waals surface area contributed by atoms with E-state index in [1.165, 1.54) is 0 Å². The molecular formula is C21H27N3O3S. The van der Waals surface area contributed by atoms with Gasteiger partial charge in [-0.05, 0) is 30.5 Å². The average Bonchev–Trinajstić information content (AvgIpc) is 3.25. The standard InChI is InChI=1S/C21H27N3O3S/c25-21(24-12-8-19(9-13-24)22-10-4-5-11-22)20(18-6-2-1-3-7-18)23-14-16-28(26,27)17-15-23/h1-7,10-11,19-20H,8-9,12-17H2. The molecule has 1 aromatic carbocycles. The minimum Gasteiger partial charge on any atom is -0.351 e. The lowest BCUT2D eigenvalue weighted by atomic mass is 10.00. The van der Waals surface area contributed by atoms with E-state index in [1.807, 2.05) is 52.3 Å². The number of amides is 1. The van der Waals surface area contributed by atoms with E-state index in [0.29, 0.717) is 19.1 Å². The molecule has 2 fully saturated rings. The van der Waals surface area contributed by atoms with Gasteiger partial charge in [0.05, 0.1) is 11.5 Å². The van der Waals surface area contributed by atoms with Gasteiger partial charge in [0.2, 0.25) is 5.91 Å². The molecule has 7 heteroatoms. The largest absolute Gasteiger partial charge is 0.351 e. The predicted molar refractivity (Wildman–Crippen MR) is 109 cm³/mol. The van der Waals surface area contributed by atoms with Gasteiger partial charge >= 0.3 is 0 Å². The Hall–Kier alpha value is -2.12. The summed E-state index contributed by atoms with van der Waals surface area (Å²) in [5.41, 5.74) is 0.944. The third-order valence-electron chi connectivity index (χ3n) is 5.92. The van der Waals surface area contributed by atoms with Crippen molar-refractivity contribution in [3.63, 3.8) is 0 Å². The Morgan fingerprint density at radius 3 is 2.11 bits per heavy atom. The van der Waals surface area contributed by atoms with Crippen molar-refractivity contribution in [3.8, 4) is 0 Å². The average molecular weight is 402 g/mol. The molecule has 150 valence electrons. The molecule has 28 heavy (non-hydrogen) atoms. The summed E-state index contributed by atoms with van der Waals surface area (Å²) < 4.78 is 25.9. The third-order valence-corrected chi connectivity index (χ3v) is 7.53. The Labute approximate surface area is 166 Å². The Bertz CT molecular complexity index is 874. The zero-order chi connectivity index (χ0) is 19.6. The van der Waals surface area contributed by atoms with Crippen molar-refractivity contribution < 1.29 is 13.2 Å². The fourth-order valence-electron chi connectivity index (χ4n) is 4.28. The van der Waals surface area contributed by atoms with E-state index in [4.69, 9.17) is 0 Å². The van der Waals surface area contributed by atoms with Crippen LogP contribution in [0.2, 0.25) is 0 Å². The van der Waals surface area contributed by atoms with Crippen LogP contribution in [0.15, 0.2) is 54.9 Å². The molecule has 0 N–H and O–H groups in total. The molecule has 2 aliphatic heterocycles. The van der Waals surface area contributed by atoms with Crippen molar-refractivity contribution in [2.24, 2.45) is 0 Å². The van der Waals surface area contributed by atoms with Crippen LogP contribution in [-0.2, 0) is 14.6 Å². The van der Waals surface area contributed by atoms with Gasteiger partial charge in [-0.3, -0.25) is 9.69 Å². The second kappa shape index (κ2) is 8.09. The van der Waals surface area contributed by atoms with Crippen LogP contribution >= 0.6 is 0 Å².